The first-order valence-electron chi connectivity index (χ1n) is 36.5. The third kappa shape index (κ3) is 66.6. The Hall–Kier alpha value is -4.02. The van der Waals surface area contributed by atoms with Crippen molar-refractivity contribution in [3.8, 4) is 0 Å². The Morgan fingerprint density at radius 1 is 0.319 bits per heavy atom. The van der Waals surface area contributed by atoms with Crippen LogP contribution >= 0.6 is 15.6 Å². The molecule has 0 amide bonds. The summed E-state index contributed by atoms with van der Waals surface area (Å²) in [5, 5.41) is 10.6. The summed E-state index contributed by atoms with van der Waals surface area (Å²) < 4.78 is 68.2. The second kappa shape index (κ2) is 67.5. The maximum atomic E-state index is 13.0. The van der Waals surface area contributed by atoms with Gasteiger partial charge in [-0.15, -0.1) is 0 Å². The minimum atomic E-state index is -4.99. The van der Waals surface area contributed by atoms with Crippen molar-refractivity contribution in [2.24, 2.45) is 0 Å². The van der Waals surface area contributed by atoms with Crippen LogP contribution in [-0.4, -0.2) is 96.7 Å². The lowest BCUT2D eigenvalue weighted by Crippen LogP contribution is -2.30. The second-order valence-electron chi connectivity index (χ2n) is 24.2. The highest BCUT2D eigenvalue weighted by Crippen LogP contribution is 2.45. The summed E-state index contributed by atoms with van der Waals surface area (Å²) in [7, 11) is -9.96. The molecule has 0 spiro atoms. The Labute approximate surface area is 569 Å². The van der Waals surface area contributed by atoms with E-state index in [1.807, 2.05) is 18.2 Å². The number of phosphoric acid groups is 2. The molecule has 0 aliphatic rings. The van der Waals surface area contributed by atoms with Gasteiger partial charge in [-0.3, -0.25) is 37.3 Å². The number of phosphoric ester groups is 2. The third-order valence-corrected chi connectivity index (χ3v) is 16.9. The van der Waals surface area contributed by atoms with Gasteiger partial charge >= 0.3 is 39.5 Å². The van der Waals surface area contributed by atoms with Gasteiger partial charge in [-0.1, -0.05) is 266 Å². The van der Waals surface area contributed by atoms with E-state index in [0.717, 1.165) is 141 Å². The molecular weight excluding hydrogens is 1230 g/mol. The SMILES string of the molecule is CC/C=C\C/C=C\C/C=C\C/C=C\C/C=C\CC(=O)OCC(COP(=O)(O)OCC(O)COP(=O)(O)OCC(COC(=O)CCCCCCC/C=C\C/C=C\CCC)OC(=O)CCCCCCCCCCCCC)OC(=O)CCCCCCC/C=C\CCCCCCCC. The van der Waals surface area contributed by atoms with Crippen molar-refractivity contribution in [3.05, 3.63) is 97.2 Å². The van der Waals surface area contributed by atoms with Crippen molar-refractivity contribution < 1.29 is 80.2 Å². The molecule has 0 saturated carbocycles. The zero-order valence-corrected chi connectivity index (χ0v) is 60.7. The zero-order valence-electron chi connectivity index (χ0n) is 58.9. The molecule has 542 valence electrons. The van der Waals surface area contributed by atoms with E-state index in [4.69, 9.17) is 37.0 Å². The van der Waals surface area contributed by atoms with E-state index in [1.54, 1.807) is 6.08 Å². The van der Waals surface area contributed by atoms with E-state index in [1.165, 1.54) is 77.0 Å². The largest absolute Gasteiger partial charge is 0.472 e. The van der Waals surface area contributed by atoms with Crippen molar-refractivity contribution in [1.29, 1.82) is 0 Å². The smallest absolute Gasteiger partial charge is 0.462 e. The third-order valence-electron chi connectivity index (χ3n) is 15.0. The Balaban J connectivity index is 5.40. The molecule has 5 unspecified atom stereocenters. The molecule has 0 rings (SSSR count). The summed E-state index contributed by atoms with van der Waals surface area (Å²) in [6.45, 7) is 4.54. The van der Waals surface area contributed by atoms with Crippen molar-refractivity contribution in [2.75, 3.05) is 39.6 Å². The molecule has 0 bridgehead atoms. The Kier molecular flexibility index (Phi) is 64.7. The van der Waals surface area contributed by atoms with Crippen molar-refractivity contribution in [1.82, 2.24) is 0 Å². The first-order valence-corrected chi connectivity index (χ1v) is 39.5. The number of hydrogen-bond acceptors (Lipinski definition) is 15. The minimum absolute atomic E-state index is 0.0659. The van der Waals surface area contributed by atoms with Crippen LogP contribution < -0.4 is 0 Å². The quantitative estimate of drug-likeness (QED) is 0.0169. The van der Waals surface area contributed by atoms with E-state index < -0.39 is 97.5 Å². The summed E-state index contributed by atoms with van der Waals surface area (Å²) in [6.07, 6.45) is 68.7. The number of unbranched alkanes of at least 4 members (excludes halogenated alkanes) is 27. The summed E-state index contributed by atoms with van der Waals surface area (Å²) >= 11 is 0. The number of allylic oxidation sites excluding steroid dienone is 15. The van der Waals surface area contributed by atoms with Gasteiger partial charge < -0.3 is 33.8 Å². The number of ether oxygens (including phenoxy) is 4. The molecule has 94 heavy (non-hydrogen) atoms. The molecule has 0 aromatic heterocycles. The molecule has 0 aliphatic carbocycles. The lowest BCUT2D eigenvalue weighted by Gasteiger charge is -2.21. The van der Waals surface area contributed by atoms with Gasteiger partial charge in [-0.2, -0.15) is 0 Å². The van der Waals surface area contributed by atoms with Crippen molar-refractivity contribution >= 4 is 39.5 Å². The number of aliphatic hydroxyl groups excluding tert-OH is 1. The van der Waals surface area contributed by atoms with Crippen LogP contribution in [0.15, 0.2) is 97.2 Å². The number of carbonyl (C=O) groups is 4. The monoisotopic (exact) mass is 1360 g/mol. The van der Waals surface area contributed by atoms with E-state index in [9.17, 15) is 43.2 Å². The Morgan fingerprint density at radius 2 is 0.617 bits per heavy atom. The molecule has 3 N–H and O–H groups in total. The molecule has 0 saturated heterocycles. The minimum Gasteiger partial charge on any atom is -0.462 e. The number of aliphatic hydroxyl groups is 1. The van der Waals surface area contributed by atoms with Crippen LogP contribution in [0.25, 0.3) is 0 Å². The number of rotatable bonds is 68. The fraction of sp³-hybridized carbons (Fsp3) is 0.733. The van der Waals surface area contributed by atoms with Gasteiger partial charge in [0, 0.05) is 19.3 Å². The maximum absolute atomic E-state index is 13.0. The molecule has 0 aromatic rings. The average molecular weight is 1370 g/mol. The molecule has 0 fully saturated rings. The second-order valence-corrected chi connectivity index (χ2v) is 27.1. The summed E-state index contributed by atoms with van der Waals surface area (Å²) in [6, 6.07) is 0. The fourth-order valence-corrected chi connectivity index (χ4v) is 11.1. The van der Waals surface area contributed by atoms with Gasteiger partial charge in [0.1, 0.15) is 19.3 Å². The van der Waals surface area contributed by atoms with Crippen LogP contribution in [0.4, 0.5) is 0 Å². The Bertz CT molecular complexity index is 2170. The highest BCUT2D eigenvalue weighted by atomic mass is 31.2. The molecule has 0 radical (unpaired) electrons. The molecule has 17 nitrogen and oxygen atoms in total. The molecule has 0 heterocycles. The average Bonchev–Trinajstić information content (AvgIpc) is 1.36. The maximum Gasteiger partial charge on any atom is 0.472 e. The van der Waals surface area contributed by atoms with E-state index in [0.29, 0.717) is 25.7 Å². The standard InChI is InChI=1S/C75H130O17P2/c1-5-9-13-17-21-25-29-32-34-37-41-44-48-52-56-60-73(78)86-66-71(92-75(80)62-58-54-50-46-42-38-35-33-30-26-22-18-14-10-6-2)68-90-94(83,84)88-64-69(76)63-87-93(81,82)89-67-70(91-74(79)61-57-53-49-45-39-28-24-20-16-12-8-4)65-85-72(77)59-55-51-47-43-40-36-31-27-23-19-15-11-7-3/h9,13,15,19,21,25,27,31-35,41,44,52,56,69-71,76H,5-8,10-12,14,16-18,20,22-24,26,28-30,36-40,42-43,45-51,53-55,57-68H2,1-4H3,(H,81,82)(H,83,84)/b13-9-,19-15-,25-21-,31-27-,34-32-,35-33-,44-41-,56-52-. The van der Waals surface area contributed by atoms with Crippen LogP contribution in [-0.2, 0) is 65.4 Å². The van der Waals surface area contributed by atoms with Crippen LogP contribution in [0.5, 0.6) is 0 Å². The summed E-state index contributed by atoms with van der Waals surface area (Å²) in [5.41, 5.74) is 0. The van der Waals surface area contributed by atoms with Crippen LogP contribution in [0.2, 0.25) is 0 Å². The van der Waals surface area contributed by atoms with Crippen LogP contribution in [0.3, 0.4) is 0 Å². The number of carbonyl (C=O) groups excluding carboxylic acids is 4. The predicted molar refractivity (Wildman–Crippen MR) is 381 cm³/mol. The zero-order chi connectivity index (χ0) is 69.0. The molecule has 0 aliphatic heterocycles. The Morgan fingerprint density at radius 3 is 1.00 bits per heavy atom. The lowest BCUT2D eigenvalue weighted by molar-refractivity contribution is -0.161. The van der Waals surface area contributed by atoms with Gasteiger partial charge in [0.2, 0.25) is 0 Å². The van der Waals surface area contributed by atoms with E-state index in [2.05, 4.69) is 101 Å². The molecule has 19 heteroatoms. The summed E-state index contributed by atoms with van der Waals surface area (Å²) in [5.74, 6) is -2.34. The molecule has 0 aromatic carbocycles. The van der Waals surface area contributed by atoms with Crippen LogP contribution in [0.1, 0.15) is 297 Å². The first-order chi connectivity index (χ1) is 45.7. The lowest BCUT2D eigenvalue weighted by atomic mass is 10.1. The normalized spacial score (nSPS) is 14.6. The number of esters is 4. The highest BCUT2D eigenvalue weighted by Gasteiger charge is 2.30. The van der Waals surface area contributed by atoms with Gasteiger partial charge in [-0.05, 0) is 103 Å². The van der Waals surface area contributed by atoms with Gasteiger partial charge in [-0.25, -0.2) is 9.13 Å². The molecule has 5 atom stereocenters. The summed E-state index contributed by atoms with van der Waals surface area (Å²) in [4.78, 5) is 72.6. The van der Waals surface area contributed by atoms with Crippen LogP contribution in [0, 0.1) is 0 Å². The van der Waals surface area contributed by atoms with Crippen molar-refractivity contribution in [3.63, 3.8) is 0 Å². The van der Waals surface area contributed by atoms with Gasteiger partial charge in [0.15, 0.2) is 12.2 Å². The fourth-order valence-electron chi connectivity index (χ4n) is 9.50. The first kappa shape index (κ1) is 90.0. The van der Waals surface area contributed by atoms with Gasteiger partial charge in [0.25, 0.3) is 0 Å². The van der Waals surface area contributed by atoms with E-state index >= 15 is 0 Å². The molecular formula is C75H130O17P2. The number of hydrogen-bond donors (Lipinski definition) is 3. The topological polar surface area (TPSA) is 237 Å². The van der Waals surface area contributed by atoms with Crippen molar-refractivity contribution in [2.45, 2.75) is 316 Å². The van der Waals surface area contributed by atoms with E-state index in [-0.39, 0.29) is 25.7 Å². The van der Waals surface area contributed by atoms with Gasteiger partial charge in [0.05, 0.1) is 32.8 Å². The highest BCUT2D eigenvalue weighted by molar-refractivity contribution is 7.47. The predicted octanol–water partition coefficient (Wildman–Crippen LogP) is 20.4.